The minimum absolute atomic E-state index is 0.600. The molecular formula is C12H14BrN3O2S. The summed E-state index contributed by atoms with van der Waals surface area (Å²) in [6.07, 6.45) is 5.17. The number of rotatable bonds is 2. The molecule has 0 amide bonds. The van der Waals surface area contributed by atoms with Crippen LogP contribution < -0.4 is 0 Å². The Labute approximate surface area is 120 Å². The average Bonchev–Trinajstić information content (AvgIpc) is 3.02. The molecule has 102 valence electrons. The number of fused-ring (bicyclic) bond motifs is 1. The van der Waals surface area contributed by atoms with E-state index in [0.29, 0.717) is 24.3 Å². The van der Waals surface area contributed by atoms with Crippen molar-refractivity contribution in [3.8, 4) is 0 Å². The zero-order valence-corrected chi connectivity index (χ0v) is 12.9. The molecule has 0 atom stereocenters. The van der Waals surface area contributed by atoms with Crippen molar-refractivity contribution in [1.82, 2.24) is 13.3 Å². The molecule has 1 aliphatic heterocycles. The minimum atomic E-state index is -3.47. The van der Waals surface area contributed by atoms with Crippen LogP contribution in [-0.4, -0.2) is 34.8 Å². The molecule has 1 saturated heterocycles. The van der Waals surface area contributed by atoms with Gasteiger partial charge in [-0.3, -0.25) is 4.98 Å². The summed E-state index contributed by atoms with van der Waals surface area (Å²) in [5.74, 6) is 0. The molecule has 1 aliphatic rings. The van der Waals surface area contributed by atoms with Crippen molar-refractivity contribution in [2.75, 3.05) is 13.1 Å². The lowest BCUT2D eigenvalue weighted by Crippen LogP contribution is -2.32. The van der Waals surface area contributed by atoms with Crippen LogP contribution in [0.4, 0.5) is 0 Å². The largest absolute Gasteiger partial charge is 0.308 e. The molecule has 2 aromatic rings. The van der Waals surface area contributed by atoms with Crippen molar-refractivity contribution < 1.29 is 8.42 Å². The average molecular weight is 344 g/mol. The van der Waals surface area contributed by atoms with Crippen LogP contribution in [0.2, 0.25) is 0 Å². The van der Waals surface area contributed by atoms with Crippen molar-refractivity contribution in [1.29, 1.82) is 0 Å². The number of hydrogen-bond acceptors (Lipinski definition) is 3. The Hall–Kier alpha value is -0.920. The van der Waals surface area contributed by atoms with E-state index >= 15 is 0 Å². The minimum Gasteiger partial charge on any atom is -0.258 e. The summed E-state index contributed by atoms with van der Waals surface area (Å²) < 4.78 is 28.9. The first-order valence-electron chi connectivity index (χ1n) is 6.14. The Morgan fingerprint density at radius 1 is 1.32 bits per heavy atom. The molecule has 0 unspecified atom stereocenters. The second kappa shape index (κ2) is 4.57. The molecule has 2 aromatic heterocycles. The van der Waals surface area contributed by atoms with Gasteiger partial charge >= 0.3 is 10.2 Å². The molecule has 0 spiro atoms. The van der Waals surface area contributed by atoms with Gasteiger partial charge in [-0.25, -0.2) is 3.97 Å². The maximum absolute atomic E-state index is 12.6. The summed E-state index contributed by atoms with van der Waals surface area (Å²) in [5.41, 5.74) is 1.37. The van der Waals surface area contributed by atoms with Gasteiger partial charge in [0.05, 0.1) is 11.2 Å². The maximum Gasteiger partial charge on any atom is 0.308 e. The molecule has 3 heterocycles. The van der Waals surface area contributed by atoms with Crippen molar-refractivity contribution in [2.45, 2.75) is 19.8 Å². The van der Waals surface area contributed by atoms with Crippen molar-refractivity contribution in [3.05, 3.63) is 28.6 Å². The zero-order chi connectivity index (χ0) is 13.6. The maximum atomic E-state index is 12.6. The van der Waals surface area contributed by atoms with Gasteiger partial charge in [0.15, 0.2) is 0 Å². The van der Waals surface area contributed by atoms with Gasteiger partial charge in [-0.05, 0) is 41.8 Å². The lowest BCUT2D eigenvalue weighted by Gasteiger charge is -2.17. The number of hydrogen-bond donors (Lipinski definition) is 0. The zero-order valence-electron chi connectivity index (χ0n) is 10.5. The number of aromatic nitrogens is 2. The lowest BCUT2D eigenvalue weighted by molar-refractivity contribution is 0.470. The second-order valence-electron chi connectivity index (χ2n) is 4.68. The van der Waals surface area contributed by atoms with Gasteiger partial charge in [0, 0.05) is 35.3 Å². The molecule has 3 rings (SSSR count). The molecule has 7 heteroatoms. The van der Waals surface area contributed by atoms with E-state index in [1.54, 1.807) is 12.4 Å². The third-order valence-corrected chi connectivity index (χ3v) is 5.91. The van der Waals surface area contributed by atoms with Gasteiger partial charge in [0.2, 0.25) is 0 Å². The topological polar surface area (TPSA) is 55.2 Å². The van der Waals surface area contributed by atoms with Crippen LogP contribution in [0, 0.1) is 6.92 Å². The van der Waals surface area contributed by atoms with Gasteiger partial charge in [0.25, 0.3) is 0 Å². The van der Waals surface area contributed by atoms with E-state index in [0.717, 1.165) is 22.7 Å². The summed E-state index contributed by atoms with van der Waals surface area (Å²) in [5, 5.41) is 0.871. The summed E-state index contributed by atoms with van der Waals surface area (Å²) in [4.78, 5) is 4.23. The van der Waals surface area contributed by atoms with Crippen molar-refractivity contribution >= 4 is 37.0 Å². The monoisotopic (exact) mass is 343 g/mol. The van der Waals surface area contributed by atoms with E-state index in [1.807, 2.05) is 13.0 Å². The summed E-state index contributed by atoms with van der Waals surface area (Å²) >= 11 is 3.41. The molecule has 5 nitrogen and oxygen atoms in total. The quantitative estimate of drug-likeness (QED) is 0.840. The Kier molecular flexibility index (Phi) is 3.15. The van der Waals surface area contributed by atoms with E-state index in [2.05, 4.69) is 20.9 Å². The first-order valence-corrected chi connectivity index (χ1v) is 8.33. The predicted octanol–water partition coefficient (Wildman–Crippen LogP) is 2.30. The first kappa shape index (κ1) is 13.1. The van der Waals surface area contributed by atoms with Crippen LogP contribution >= 0.6 is 15.9 Å². The Morgan fingerprint density at radius 2 is 2.00 bits per heavy atom. The van der Waals surface area contributed by atoms with Crippen molar-refractivity contribution in [3.63, 3.8) is 0 Å². The first-order chi connectivity index (χ1) is 9.01. The Bertz CT molecular complexity index is 733. The molecule has 0 bridgehead atoms. The molecule has 0 radical (unpaired) electrons. The van der Waals surface area contributed by atoms with Crippen LogP contribution in [0.1, 0.15) is 18.5 Å². The fourth-order valence-corrected chi connectivity index (χ4v) is 4.55. The summed E-state index contributed by atoms with van der Waals surface area (Å²) in [6, 6.07) is 1.81. The highest BCUT2D eigenvalue weighted by Crippen LogP contribution is 2.28. The SMILES string of the molecule is Cc1ncc(Br)c2ccn(S(=O)(=O)N3CCCC3)c12. The molecular weight excluding hydrogens is 330 g/mol. The highest BCUT2D eigenvalue weighted by molar-refractivity contribution is 9.10. The van der Waals surface area contributed by atoms with Crippen LogP contribution in [-0.2, 0) is 10.2 Å². The van der Waals surface area contributed by atoms with Crippen LogP contribution in [0.25, 0.3) is 10.9 Å². The third-order valence-electron chi connectivity index (χ3n) is 3.46. The van der Waals surface area contributed by atoms with Crippen LogP contribution in [0.5, 0.6) is 0 Å². The van der Waals surface area contributed by atoms with Crippen LogP contribution in [0.3, 0.4) is 0 Å². The van der Waals surface area contributed by atoms with E-state index in [4.69, 9.17) is 0 Å². The fraction of sp³-hybridized carbons (Fsp3) is 0.417. The molecule has 19 heavy (non-hydrogen) atoms. The van der Waals surface area contributed by atoms with E-state index in [-0.39, 0.29) is 0 Å². The van der Waals surface area contributed by atoms with Gasteiger partial charge in [-0.2, -0.15) is 12.7 Å². The van der Waals surface area contributed by atoms with Gasteiger partial charge in [-0.15, -0.1) is 0 Å². The smallest absolute Gasteiger partial charge is 0.258 e. The van der Waals surface area contributed by atoms with E-state index in [9.17, 15) is 8.42 Å². The van der Waals surface area contributed by atoms with Crippen molar-refractivity contribution in [2.24, 2.45) is 0 Å². The molecule has 0 saturated carbocycles. The number of halogens is 1. The summed E-state index contributed by atoms with van der Waals surface area (Å²) in [7, 11) is -3.47. The molecule has 1 fully saturated rings. The number of aryl methyl sites for hydroxylation is 1. The number of nitrogens with zero attached hydrogens (tertiary/aromatic N) is 3. The lowest BCUT2D eigenvalue weighted by atomic mass is 10.3. The second-order valence-corrected chi connectivity index (χ2v) is 7.34. The third kappa shape index (κ3) is 2.00. The molecule has 0 aliphatic carbocycles. The Morgan fingerprint density at radius 3 is 2.68 bits per heavy atom. The standard InChI is InChI=1S/C12H14BrN3O2S/c1-9-12-10(11(13)8-14-9)4-7-16(12)19(17,18)15-5-2-3-6-15/h4,7-8H,2-3,5-6H2,1H3. The van der Waals surface area contributed by atoms with E-state index in [1.165, 1.54) is 8.28 Å². The summed E-state index contributed by atoms with van der Waals surface area (Å²) in [6.45, 7) is 3.02. The van der Waals surface area contributed by atoms with Gasteiger partial charge < -0.3 is 0 Å². The molecule has 0 aromatic carbocycles. The van der Waals surface area contributed by atoms with E-state index < -0.39 is 10.2 Å². The normalized spacial score (nSPS) is 17.4. The van der Waals surface area contributed by atoms with Gasteiger partial charge in [-0.1, -0.05) is 0 Å². The molecule has 0 N–H and O–H groups in total. The fourth-order valence-electron chi connectivity index (χ4n) is 2.48. The van der Waals surface area contributed by atoms with Crippen LogP contribution in [0.15, 0.2) is 22.9 Å². The number of pyridine rings is 1. The highest BCUT2D eigenvalue weighted by Gasteiger charge is 2.28. The van der Waals surface area contributed by atoms with Gasteiger partial charge in [0.1, 0.15) is 0 Å². The Balaban J connectivity index is 2.23. The predicted molar refractivity (Wildman–Crippen MR) is 77.3 cm³/mol. The highest BCUT2D eigenvalue weighted by atomic mass is 79.9.